The first-order valence-corrected chi connectivity index (χ1v) is 6.77. The molecule has 0 radical (unpaired) electrons. The molecule has 0 N–H and O–H groups in total. The van der Waals surface area contributed by atoms with Gasteiger partial charge in [0, 0.05) is 51.0 Å². The van der Waals surface area contributed by atoms with E-state index in [0.717, 1.165) is 29.2 Å². The first-order valence-electron chi connectivity index (χ1n) is 6.77. The van der Waals surface area contributed by atoms with Gasteiger partial charge in [-0.15, -0.1) is 0 Å². The van der Waals surface area contributed by atoms with E-state index in [-0.39, 0.29) is 0 Å². The fourth-order valence-electron chi connectivity index (χ4n) is 2.22. The largest absolute Gasteiger partial charge is 0.362 e. The lowest BCUT2D eigenvalue weighted by Gasteiger charge is -2.15. The molecule has 0 atom stereocenters. The van der Waals surface area contributed by atoms with Gasteiger partial charge >= 0.3 is 0 Å². The van der Waals surface area contributed by atoms with Crippen LogP contribution >= 0.6 is 0 Å². The van der Waals surface area contributed by atoms with Crippen LogP contribution in [0.15, 0.2) is 55.4 Å². The lowest BCUT2D eigenvalue weighted by atomic mass is 10.1. The third kappa shape index (κ3) is 2.91. The van der Waals surface area contributed by atoms with E-state index in [9.17, 15) is 0 Å². The number of hydrogen-bond acceptors (Lipinski definition) is 4. The molecule has 0 saturated heterocycles. The molecule has 21 heavy (non-hydrogen) atoms. The van der Waals surface area contributed by atoms with Crippen molar-refractivity contribution in [2.75, 3.05) is 19.0 Å². The molecule has 0 fully saturated rings. The first-order chi connectivity index (χ1) is 10.2. The molecule has 3 heterocycles. The predicted octanol–water partition coefficient (Wildman–Crippen LogP) is 2.45. The van der Waals surface area contributed by atoms with Gasteiger partial charge in [-0.2, -0.15) is 0 Å². The molecule has 0 saturated carbocycles. The van der Waals surface area contributed by atoms with Gasteiger partial charge in [-0.05, 0) is 23.8 Å². The molecule has 0 aromatic carbocycles. The van der Waals surface area contributed by atoms with Crippen molar-refractivity contribution in [1.29, 1.82) is 0 Å². The van der Waals surface area contributed by atoms with Crippen molar-refractivity contribution < 1.29 is 0 Å². The van der Waals surface area contributed by atoms with Crippen LogP contribution < -0.4 is 4.90 Å². The van der Waals surface area contributed by atoms with Crippen LogP contribution in [0, 0.1) is 0 Å². The standard InChI is InChI=1S/C16H17N5/c1-20(2)16-14(4-3-7-18-16)15-6-5-13(10-19-15)11-21-9-8-17-12-21/h3-10,12H,11H2,1-2H3. The van der Waals surface area contributed by atoms with E-state index in [4.69, 9.17) is 0 Å². The van der Waals surface area contributed by atoms with Crippen LogP contribution in [0.2, 0.25) is 0 Å². The fourth-order valence-corrected chi connectivity index (χ4v) is 2.22. The van der Waals surface area contributed by atoms with Crippen molar-refractivity contribution in [2.24, 2.45) is 0 Å². The van der Waals surface area contributed by atoms with Crippen LogP contribution in [-0.2, 0) is 6.54 Å². The minimum absolute atomic E-state index is 0.779. The van der Waals surface area contributed by atoms with E-state index in [1.807, 2.05) is 54.2 Å². The molecule has 0 unspecified atom stereocenters. The van der Waals surface area contributed by atoms with Crippen molar-refractivity contribution in [3.8, 4) is 11.3 Å². The second kappa shape index (κ2) is 5.75. The van der Waals surface area contributed by atoms with Crippen molar-refractivity contribution >= 4 is 5.82 Å². The van der Waals surface area contributed by atoms with Gasteiger partial charge in [-0.1, -0.05) is 6.07 Å². The second-order valence-corrected chi connectivity index (χ2v) is 5.06. The number of aromatic nitrogens is 4. The van der Waals surface area contributed by atoms with E-state index in [2.05, 4.69) is 21.0 Å². The number of rotatable bonds is 4. The molecule has 5 heteroatoms. The number of anilines is 1. The molecular weight excluding hydrogens is 262 g/mol. The second-order valence-electron chi connectivity index (χ2n) is 5.06. The van der Waals surface area contributed by atoms with Crippen LogP contribution in [0.1, 0.15) is 5.56 Å². The SMILES string of the molecule is CN(C)c1ncccc1-c1ccc(Cn2ccnc2)cn1. The summed E-state index contributed by atoms with van der Waals surface area (Å²) in [6, 6.07) is 8.11. The monoisotopic (exact) mass is 279 g/mol. The van der Waals surface area contributed by atoms with Gasteiger partial charge in [0.1, 0.15) is 5.82 Å². The highest BCUT2D eigenvalue weighted by Gasteiger charge is 2.08. The van der Waals surface area contributed by atoms with Crippen LogP contribution in [0.25, 0.3) is 11.3 Å². The molecule has 5 nitrogen and oxygen atoms in total. The zero-order valence-corrected chi connectivity index (χ0v) is 12.1. The van der Waals surface area contributed by atoms with Crippen LogP contribution in [-0.4, -0.2) is 33.6 Å². The lowest BCUT2D eigenvalue weighted by Crippen LogP contribution is -2.12. The zero-order chi connectivity index (χ0) is 14.7. The van der Waals surface area contributed by atoms with Gasteiger partial charge in [-0.3, -0.25) is 4.98 Å². The van der Waals surface area contributed by atoms with Gasteiger partial charge in [0.15, 0.2) is 0 Å². The summed E-state index contributed by atoms with van der Waals surface area (Å²) in [7, 11) is 3.97. The predicted molar refractivity (Wildman–Crippen MR) is 83.1 cm³/mol. The smallest absolute Gasteiger partial charge is 0.137 e. The van der Waals surface area contributed by atoms with E-state index in [1.54, 1.807) is 18.7 Å². The number of hydrogen-bond donors (Lipinski definition) is 0. The Morgan fingerprint density at radius 3 is 2.67 bits per heavy atom. The molecule has 0 spiro atoms. The molecule has 0 bridgehead atoms. The normalized spacial score (nSPS) is 10.6. The highest BCUT2D eigenvalue weighted by atomic mass is 15.1. The Hall–Kier alpha value is -2.69. The van der Waals surface area contributed by atoms with Crippen molar-refractivity contribution in [1.82, 2.24) is 19.5 Å². The fraction of sp³-hybridized carbons (Fsp3) is 0.188. The van der Waals surface area contributed by atoms with Crippen molar-refractivity contribution in [2.45, 2.75) is 6.54 Å². The van der Waals surface area contributed by atoms with E-state index in [1.165, 1.54) is 0 Å². The summed E-state index contributed by atoms with van der Waals surface area (Å²) in [5.41, 5.74) is 3.12. The zero-order valence-electron chi connectivity index (χ0n) is 12.1. The van der Waals surface area contributed by atoms with Gasteiger partial charge in [-0.25, -0.2) is 9.97 Å². The third-order valence-electron chi connectivity index (χ3n) is 3.24. The maximum absolute atomic E-state index is 4.57. The average Bonchev–Trinajstić information content (AvgIpc) is 3.01. The highest BCUT2D eigenvalue weighted by Crippen LogP contribution is 2.25. The Balaban J connectivity index is 1.87. The Bertz CT molecular complexity index is 702. The molecule has 106 valence electrons. The third-order valence-corrected chi connectivity index (χ3v) is 3.24. The summed E-state index contributed by atoms with van der Waals surface area (Å²) in [6.45, 7) is 0.779. The number of nitrogens with zero attached hydrogens (tertiary/aromatic N) is 5. The summed E-state index contributed by atoms with van der Waals surface area (Å²) in [5.74, 6) is 0.923. The van der Waals surface area contributed by atoms with Crippen LogP contribution in [0.3, 0.4) is 0 Å². The lowest BCUT2D eigenvalue weighted by molar-refractivity contribution is 0.793. The average molecular weight is 279 g/mol. The van der Waals surface area contributed by atoms with Crippen LogP contribution in [0.4, 0.5) is 5.82 Å². The summed E-state index contributed by atoms with van der Waals surface area (Å²) in [4.78, 5) is 15.0. The highest BCUT2D eigenvalue weighted by molar-refractivity contribution is 5.72. The van der Waals surface area contributed by atoms with E-state index in [0.29, 0.717) is 0 Å². The molecule has 0 aliphatic carbocycles. The minimum atomic E-state index is 0.779. The Labute approximate surface area is 123 Å². The van der Waals surface area contributed by atoms with Gasteiger partial charge in [0.2, 0.25) is 0 Å². The Kier molecular flexibility index (Phi) is 3.64. The summed E-state index contributed by atoms with van der Waals surface area (Å²) in [5, 5.41) is 0. The Morgan fingerprint density at radius 1 is 1.10 bits per heavy atom. The van der Waals surface area contributed by atoms with Gasteiger partial charge < -0.3 is 9.47 Å². The summed E-state index contributed by atoms with van der Waals surface area (Å²) < 4.78 is 2.02. The number of pyridine rings is 2. The van der Waals surface area contributed by atoms with Crippen molar-refractivity contribution in [3.63, 3.8) is 0 Å². The molecule has 0 amide bonds. The first kappa shape index (κ1) is 13.3. The van der Waals surface area contributed by atoms with E-state index < -0.39 is 0 Å². The topological polar surface area (TPSA) is 46.8 Å². The van der Waals surface area contributed by atoms with E-state index >= 15 is 0 Å². The Morgan fingerprint density at radius 2 is 2.00 bits per heavy atom. The quantitative estimate of drug-likeness (QED) is 0.736. The minimum Gasteiger partial charge on any atom is -0.362 e. The van der Waals surface area contributed by atoms with Gasteiger partial charge in [0.25, 0.3) is 0 Å². The molecule has 3 aromatic rings. The maximum Gasteiger partial charge on any atom is 0.137 e. The van der Waals surface area contributed by atoms with Crippen LogP contribution in [0.5, 0.6) is 0 Å². The maximum atomic E-state index is 4.57. The number of imidazole rings is 1. The summed E-state index contributed by atoms with van der Waals surface area (Å²) >= 11 is 0. The van der Waals surface area contributed by atoms with Gasteiger partial charge in [0.05, 0.1) is 12.0 Å². The molecule has 3 rings (SSSR count). The van der Waals surface area contributed by atoms with Crippen molar-refractivity contribution in [3.05, 3.63) is 60.9 Å². The molecular formula is C16H17N5. The molecule has 0 aliphatic heterocycles. The molecule has 3 aromatic heterocycles. The molecule has 0 aliphatic rings. The summed E-state index contributed by atoms with van der Waals surface area (Å²) in [6.07, 6.45) is 9.23.